The Bertz CT molecular complexity index is 923. The third-order valence-corrected chi connectivity index (χ3v) is 4.16. The molecule has 3 aromatic rings. The second-order valence-electron chi connectivity index (χ2n) is 4.17. The third-order valence-electron chi connectivity index (χ3n) is 2.79. The van der Waals surface area contributed by atoms with E-state index in [0.29, 0.717) is 11.0 Å². The summed E-state index contributed by atoms with van der Waals surface area (Å²) in [6.45, 7) is 0. The Hall–Kier alpha value is -2.92. The number of rotatable bonds is 3. The lowest BCUT2D eigenvalue weighted by molar-refractivity contribution is 0.600. The number of hydrogen-bond donors (Lipinski definition) is 2. The summed E-state index contributed by atoms with van der Waals surface area (Å²) < 4.78 is 26.9. The number of anilines is 1. The average Bonchev–Trinajstić information content (AvgIpc) is 2.88. The molecule has 0 spiro atoms. The number of para-hydroxylation sites is 2. The van der Waals surface area contributed by atoms with Crippen molar-refractivity contribution in [2.75, 3.05) is 4.72 Å². The Morgan fingerprint density at radius 1 is 1.19 bits per heavy atom. The summed E-state index contributed by atoms with van der Waals surface area (Å²) in [7, 11) is -3.93. The SMILES string of the molecule is N#Cc1ncccc1S(=O)(=O)Nc1nc2ccccc2[nH]1. The summed E-state index contributed by atoms with van der Waals surface area (Å²) in [6, 6.07) is 11.7. The van der Waals surface area contributed by atoms with E-state index in [1.54, 1.807) is 24.3 Å². The zero-order valence-corrected chi connectivity index (χ0v) is 11.4. The van der Waals surface area contributed by atoms with E-state index in [4.69, 9.17) is 5.26 Å². The standard InChI is InChI=1S/C13H9N5O2S/c14-8-11-12(6-3-7-15-11)21(19,20)18-13-16-9-4-1-2-5-10(9)17-13/h1-7H,(H2,16,17,18). The number of nitrogens with one attached hydrogen (secondary N) is 2. The van der Waals surface area contributed by atoms with Crippen LogP contribution in [-0.2, 0) is 10.0 Å². The molecule has 1 aromatic carbocycles. The first-order valence-corrected chi connectivity index (χ1v) is 7.41. The van der Waals surface area contributed by atoms with Crippen LogP contribution in [0.25, 0.3) is 11.0 Å². The van der Waals surface area contributed by atoms with Crippen LogP contribution in [0.2, 0.25) is 0 Å². The molecule has 0 atom stereocenters. The molecule has 21 heavy (non-hydrogen) atoms. The van der Waals surface area contributed by atoms with Gasteiger partial charge in [-0.25, -0.2) is 23.1 Å². The molecule has 0 unspecified atom stereocenters. The highest BCUT2D eigenvalue weighted by Crippen LogP contribution is 2.18. The third kappa shape index (κ3) is 2.42. The van der Waals surface area contributed by atoms with Crippen molar-refractivity contribution in [3.05, 3.63) is 48.3 Å². The molecule has 0 aliphatic heterocycles. The van der Waals surface area contributed by atoms with Crippen molar-refractivity contribution in [3.63, 3.8) is 0 Å². The molecule has 2 N–H and O–H groups in total. The van der Waals surface area contributed by atoms with Crippen molar-refractivity contribution in [1.82, 2.24) is 15.0 Å². The van der Waals surface area contributed by atoms with E-state index in [-0.39, 0.29) is 16.5 Å². The van der Waals surface area contributed by atoms with Crippen LogP contribution in [0.1, 0.15) is 5.69 Å². The Morgan fingerprint density at radius 3 is 2.76 bits per heavy atom. The number of aromatic amines is 1. The Labute approximate surface area is 120 Å². The second-order valence-corrected chi connectivity index (χ2v) is 5.82. The van der Waals surface area contributed by atoms with E-state index in [1.165, 1.54) is 18.3 Å². The van der Waals surface area contributed by atoms with Crippen LogP contribution in [0, 0.1) is 11.3 Å². The van der Waals surface area contributed by atoms with Crippen molar-refractivity contribution in [2.45, 2.75) is 4.90 Å². The van der Waals surface area contributed by atoms with Gasteiger partial charge in [0.05, 0.1) is 11.0 Å². The van der Waals surface area contributed by atoms with Gasteiger partial charge in [-0.3, -0.25) is 0 Å². The molecule has 0 bridgehead atoms. The number of aromatic nitrogens is 3. The number of benzene rings is 1. The molecule has 8 heteroatoms. The van der Waals surface area contributed by atoms with E-state index in [1.807, 2.05) is 6.07 Å². The summed E-state index contributed by atoms with van der Waals surface area (Å²) in [5.74, 6) is 0.0870. The minimum atomic E-state index is -3.93. The molecule has 0 saturated carbocycles. The van der Waals surface area contributed by atoms with Crippen LogP contribution in [-0.4, -0.2) is 23.4 Å². The zero-order chi connectivity index (χ0) is 14.9. The molecule has 0 radical (unpaired) electrons. The van der Waals surface area contributed by atoms with Crippen molar-refractivity contribution in [1.29, 1.82) is 5.26 Å². The van der Waals surface area contributed by atoms with Gasteiger partial charge in [0.2, 0.25) is 5.95 Å². The first-order chi connectivity index (χ1) is 10.1. The van der Waals surface area contributed by atoms with Crippen LogP contribution >= 0.6 is 0 Å². The van der Waals surface area contributed by atoms with Gasteiger partial charge in [-0.2, -0.15) is 5.26 Å². The van der Waals surface area contributed by atoms with Crippen molar-refractivity contribution < 1.29 is 8.42 Å². The number of H-pyrrole nitrogens is 1. The van der Waals surface area contributed by atoms with Gasteiger partial charge >= 0.3 is 0 Å². The number of nitrogens with zero attached hydrogens (tertiary/aromatic N) is 3. The molecule has 2 aromatic heterocycles. The summed E-state index contributed by atoms with van der Waals surface area (Å²) in [6.07, 6.45) is 1.36. The van der Waals surface area contributed by atoms with Gasteiger partial charge in [-0.05, 0) is 24.3 Å². The highest BCUT2D eigenvalue weighted by Gasteiger charge is 2.20. The maximum atomic E-state index is 12.3. The highest BCUT2D eigenvalue weighted by molar-refractivity contribution is 7.92. The monoisotopic (exact) mass is 299 g/mol. The van der Waals surface area contributed by atoms with E-state index in [2.05, 4.69) is 19.7 Å². The van der Waals surface area contributed by atoms with Gasteiger partial charge in [-0.1, -0.05) is 12.1 Å². The fourth-order valence-corrected chi connectivity index (χ4v) is 2.95. The number of fused-ring (bicyclic) bond motifs is 1. The molecule has 0 aliphatic rings. The van der Waals surface area contributed by atoms with Gasteiger partial charge in [0.15, 0.2) is 5.69 Å². The van der Waals surface area contributed by atoms with E-state index in [9.17, 15) is 8.42 Å². The van der Waals surface area contributed by atoms with Gasteiger partial charge in [-0.15, -0.1) is 0 Å². The van der Waals surface area contributed by atoms with Crippen molar-refractivity contribution >= 4 is 27.0 Å². The van der Waals surface area contributed by atoms with Gasteiger partial charge in [0.25, 0.3) is 10.0 Å². The quantitative estimate of drug-likeness (QED) is 0.763. The largest absolute Gasteiger partial charge is 0.323 e. The smallest absolute Gasteiger partial charge is 0.267 e. The lowest BCUT2D eigenvalue weighted by Gasteiger charge is -2.05. The number of sulfonamides is 1. The van der Waals surface area contributed by atoms with Crippen LogP contribution < -0.4 is 4.72 Å². The minimum Gasteiger partial charge on any atom is -0.323 e. The molecule has 3 rings (SSSR count). The second kappa shape index (κ2) is 4.88. The lowest BCUT2D eigenvalue weighted by atomic mass is 10.3. The normalized spacial score (nSPS) is 11.2. The Morgan fingerprint density at radius 2 is 2.00 bits per heavy atom. The predicted molar refractivity (Wildman–Crippen MR) is 75.9 cm³/mol. The average molecular weight is 299 g/mol. The minimum absolute atomic E-state index is 0.0870. The van der Waals surface area contributed by atoms with E-state index in [0.717, 1.165) is 0 Å². The highest BCUT2D eigenvalue weighted by atomic mass is 32.2. The molecule has 0 saturated heterocycles. The summed E-state index contributed by atoms with van der Waals surface area (Å²) in [5.41, 5.74) is 1.19. The van der Waals surface area contributed by atoms with E-state index >= 15 is 0 Å². The van der Waals surface area contributed by atoms with Crippen molar-refractivity contribution in [2.24, 2.45) is 0 Å². The topological polar surface area (TPSA) is 112 Å². The fourth-order valence-electron chi connectivity index (χ4n) is 1.87. The van der Waals surface area contributed by atoms with Crippen LogP contribution in [0.15, 0.2) is 47.5 Å². The maximum absolute atomic E-state index is 12.3. The molecule has 0 fully saturated rings. The van der Waals surface area contributed by atoms with Crippen molar-refractivity contribution in [3.8, 4) is 6.07 Å². The predicted octanol–water partition coefficient (Wildman–Crippen LogP) is 1.63. The maximum Gasteiger partial charge on any atom is 0.267 e. The summed E-state index contributed by atoms with van der Waals surface area (Å²) in [5, 5.41) is 8.93. The van der Waals surface area contributed by atoms with Gasteiger partial charge < -0.3 is 4.98 Å². The fraction of sp³-hybridized carbons (Fsp3) is 0. The first kappa shape index (κ1) is 13.1. The lowest BCUT2D eigenvalue weighted by Crippen LogP contribution is -2.15. The number of imidazole rings is 1. The molecular formula is C13H9N5O2S. The number of nitriles is 1. The zero-order valence-electron chi connectivity index (χ0n) is 10.6. The Kier molecular flexibility index (Phi) is 3.04. The molecule has 7 nitrogen and oxygen atoms in total. The molecule has 0 aliphatic carbocycles. The van der Waals surface area contributed by atoms with Crippen LogP contribution in [0.5, 0.6) is 0 Å². The van der Waals surface area contributed by atoms with Gasteiger partial charge in [0, 0.05) is 6.20 Å². The molecule has 104 valence electrons. The van der Waals surface area contributed by atoms with Crippen LogP contribution in [0.4, 0.5) is 5.95 Å². The molecule has 2 heterocycles. The van der Waals surface area contributed by atoms with E-state index < -0.39 is 10.0 Å². The summed E-state index contributed by atoms with van der Waals surface area (Å²) in [4.78, 5) is 10.5. The summed E-state index contributed by atoms with van der Waals surface area (Å²) >= 11 is 0. The molecular weight excluding hydrogens is 290 g/mol. The number of hydrogen-bond acceptors (Lipinski definition) is 5. The van der Waals surface area contributed by atoms with Gasteiger partial charge in [0.1, 0.15) is 11.0 Å². The number of pyridine rings is 1. The molecule has 0 amide bonds. The first-order valence-electron chi connectivity index (χ1n) is 5.93. The Balaban J connectivity index is 2.01. The van der Waals surface area contributed by atoms with Crippen LogP contribution in [0.3, 0.4) is 0 Å².